The Morgan fingerprint density at radius 1 is 0.733 bits per heavy atom. The van der Waals surface area contributed by atoms with Crippen LogP contribution < -0.4 is 0 Å². The van der Waals surface area contributed by atoms with Crippen LogP contribution >= 0.6 is 69.6 Å². The van der Waals surface area contributed by atoms with Crippen molar-refractivity contribution in [3.63, 3.8) is 0 Å². The summed E-state index contributed by atoms with van der Waals surface area (Å²) in [6.07, 6.45) is 0. The molecule has 4 nitrogen and oxygen atoms in total. The number of carboxylic acids is 2. The standard InChI is InChI=1S/2C2HCl3O2.Nd/c2*3-2(4,5)1(6)7;/h2*(H,6,7);. The number of hydrogen-bond acceptors (Lipinski definition) is 2. The van der Waals surface area contributed by atoms with Gasteiger partial charge in [-0.2, -0.15) is 0 Å². The van der Waals surface area contributed by atoms with Gasteiger partial charge in [0.25, 0.3) is 7.59 Å². The maximum absolute atomic E-state index is 9.62. The van der Waals surface area contributed by atoms with Crippen LogP contribution in [0.3, 0.4) is 0 Å². The first-order valence-electron chi connectivity index (χ1n) is 2.49. The maximum atomic E-state index is 9.62. The molecule has 0 saturated heterocycles. The summed E-state index contributed by atoms with van der Waals surface area (Å²) in [5.74, 6) is -2.92. The van der Waals surface area contributed by atoms with E-state index in [4.69, 9.17) is 79.8 Å². The SMILES string of the molecule is O=C(O)C(Cl)(Cl)Cl.O=C(O)C(Cl)(Cl)Cl.[Nd]. The third kappa shape index (κ3) is 16.0. The zero-order valence-corrected chi connectivity index (χ0v) is 14.2. The largest absolute Gasteiger partial charge is 0.478 e. The van der Waals surface area contributed by atoms with Crippen LogP contribution in [-0.2, 0) is 9.59 Å². The van der Waals surface area contributed by atoms with Crippen LogP contribution in [0.15, 0.2) is 0 Å². The van der Waals surface area contributed by atoms with Crippen molar-refractivity contribution in [3.8, 4) is 0 Å². The van der Waals surface area contributed by atoms with Gasteiger partial charge in [0.15, 0.2) is 0 Å². The fraction of sp³-hybridized carbons (Fsp3) is 0.500. The monoisotopic (exact) mass is 466 g/mol. The molecule has 11 heteroatoms. The van der Waals surface area contributed by atoms with Crippen molar-refractivity contribution < 1.29 is 60.6 Å². The molecule has 0 heterocycles. The van der Waals surface area contributed by atoms with E-state index in [0.717, 1.165) is 0 Å². The fourth-order valence-electron chi connectivity index (χ4n) is 0. The molecular weight excluding hydrogens is 469 g/mol. The van der Waals surface area contributed by atoms with Gasteiger partial charge in [0.2, 0.25) is 0 Å². The molecule has 2 N–H and O–H groups in total. The summed E-state index contributed by atoms with van der Waals surface area (Å²) in [4.78, 5) is 19.2. The first-order valence-corrected chi connectivity index (χ1v) is 4.76. The Morgan fingerprint density at radius 2 is 0.800 bits per heavy atom. The summed E-state index contributed by atoms with van der Waals surface area (Å²) >= 11 is 28.8. The second-order valence-electron chi connectivity index (χ2n) is 1.61. The smallest absolute Gasteiger partial charge is 0.356 e. The van der Waals surface area contributed by atoms with Crippen molar-refractivity contribution in [1.82, 2.24) is 0 Å². The van der Waals surface area contributed by atoms with Gasteiger partial charge in [-0.25, -0.2) is 9.59 Å². The first kappa shape index (κ1) is 22.2. The molecule has 0 rings (SSSR count). The Balaban J connectivity index is -0.000000180. The first-order chi connectivity index (χ1) is 5.89. The van der Waals surface area contributed by atoms with Crippen molar-refractivity contribution in [1.29, 1.82) is 0 Å². The molecule has 88 valence electrons. The number of aliphatic carboxylic acids is 2. The van der Waals surface area contributed by atoms with Gasteiger partial charge in [0, 0.05) is 40.8 Å². The maximum Gasteiger partial charge on any atom is 0.356 e. The molecule has 0 aromatic carbocycles. The van der Waals surface area contributed by atoms with Gasteiger partial charge in [0.05, 0.1) is 0 Å². The second-order valence-corrected chi connectivity index (χ2v) is 6.17. The molecule has 0 aliphatic heterocycles. The molecule has 0 aliphatic carbocycles. The molecule has 0 unspecified atom stereocenters. The Bertz CT molecular complexity index is 196. The van der Waals surface area contributed by atoms with Gasteiger partial charge in [-0.1, -0.05) is 69.6 Å². The van der Waals surface area contributed by atoms with Crippen molar-refractivity contribution in [2.45, 2.75) is 7.59 Å². The van der Waals surface area contributed by atoms with Gasteiger partial charge in [0.1, 0.15) is 0 Å². The second kappa shape index (κ2) is 9.03. The van der Waals surface area contributed by atoms with E-state index < -0.39 is 19.5 Å². The normalized spacial score (nSPS) is 10.5. The predicted molar refractivity (Wildman–Crippen MR) is 55.9 cm³/mol. The number of carboxylic acid groups (broad SMARTS) is 2. The van der Waals surface area contributed by atoms with Crippen molar-refractivity contribution in [3.05, 3.63) is 0 Å². The van der Waals surface area contributed by atoms with E-state index in [-0.39, 0.29) is 40.8 Å². The third-order valence-electron chi connectivity index (χ3n) is 0.485. The van der Waals surface area contributed by atoms with Crippen LogP contribution in [0.25, 0.3) is 0 Å². The van der Waals surface area contributed by atoms with Crippen LogP contribution in [0.4, 0.5) is 0 Å². The van der Waals surface area contributed by atoms with E-state index >= 15 is 0 Å². The number of halogens is 6. The quantitative estimate of drug-likeness (QED) is 0.534. The summed E-state index contributed by atoms with van der Waals surface area (Å²) < 4.78 is -4.33. The summed E-state index contributed by atoms with van der Waals surface area (Å²) in [6, 6.07) is 0. The molecule has 0 aromatic rings. The number of hydrogen-bond donors (Lipinski definition) is 2. The molecule has 0 spiro atoms. The van der Waals surface area contributed by atoms with Crippen LogP contribution in [0.5, 0.6) is 0 Å². The molecule has 0 fully saturated rings. The van der Waals surface area contributed by atoms with Gasteiger partial charge in [-0.05, 0) is 0 Å². The van der Waals surface area contributed by atoms with Gasteiger partial charge in [-0.15, -0.1) is 0 Å². The molecule has 0 bridgehead atoms. The molecule has 0 saturated carbocycles. The van der Waals surface area contributed by atoms with E-state index in [9.17, 15) is 9.59 Å². The van der Waals surface area contributed by atoms with E-state index in [1.54, 1.807) is 0 Å². The van der Waals surface area contributed by atoms with Gasteiger partial charge in [-0.3, -0.25) is 0 Å². The van der Waals surface area contributed by atoms with E-state index in [1.807, 2.05) is 0 Å². The average Bonchev–Trinajstić information content (AvgIpc) is 1.83. The van der Waals surface area contributed by atoms with Crippen LogP contribution in [-0.4, -0.2) is 29.7 Å². The number of rotatable bonds is 0. The van der Waals surface area contributed by atoms with Crippen molar-refractivity contribution in [2.75, 3.05) is 0 Å². The van der Waals surface area contributed by atoms with Crippen LogP contribution in [0.2, 0.25) is 0 Å². The Hall–Kier alpha value is 2.03. The third-order valence-corrected chi connectivity index (χ3v) is 1.46. The molecular formula is C4H2Cl6NdO4. The summed E-state index contributed by atoms with van der Waals surface area (Å²) in [5, 5.41) is 15.7. The zero-order valence-electron chi connectivity index (χ0n) is 6.48. The molecule has 0 amide bonds. The van der Waals surface area contributed by atoms with Crippen LogP contribution in [0.1, 0.15) is 0 Å². The minimum absolute atomic E-state index is 0. The van der Waals surface area contributed by atoms with Gasteiger partial charge >= 0.3 is 11.9 Å². The Kier molecular flexibility index (Phi) is 13.4. The van der Waals surface area contributed by atoms with E-state index in [1.165, 1.54) is 0 Å². The Morgan fingerprint density at radius 3 is 0.800 bits per heavy atom. The van der Waals surface area contributed by atoms with Crippen molar-refractivity contribution >= 4 is 81.5 Å². The minimum atomic E-state index is -2.17. The minimum Gasteiger partial charge on any atom is -0.478 e. The average molecular weight is 471 g/mol. The Labute approximate surface area is 148 Å². The predicted octanol–water partition coefficient (Wildman–Crippen LogP) is 2.88. The summed E-state index contributed by atoms with van der Waals surface area (Å²) in [7, 11) is 0. The van der Waals surface area contributed by atoms with Crippen LogP contribution in [0, 0.1) is 40.8 Å². The van der Waals surface area contributed by atoms with E-state index in [0.29, 0.717) is 0 Å². The fourth-order valence-corrected chi connectivity index (χ4v) is 0. The zero-order chi connectivity index (χ0) is 12.2. The molecule has 0 aliphatic rings. The van der Waals surface area contributed by atoms with Crippen molar-refractivity contribution in [2.24, 2.45) is 0 Å². The summed E-state index contributed by atoms with van der Waals surface area (Å²) in [5.41, 5.74) is 0. The molecule has 0 radical (unpaired) electrons. The molecule has 0 aromatic heterocycles. The number of carbonyl (C=O) groups is 2. The van der Waals surface area contributed by atoms with Gasteiger partial charge < -0.3 is 10.2 Å². The summed E-state index contributed by atoms with van der Waals surface area (Å²) in [6.45, 7) is 0. The van der Waals surface area contributed by atoms with E-state index in [2.05, 4.69) is 0 Å². The molecule has 0 atom stereocenters. The molecule has 15 heavy (non-hydrogen) atoms. The number of alkyl halides is 6. The topological polar surface area (TPSA) is 74.6 Å².